The van der Waals surface area contributed by atoms with E-state index in [0.29, 0.717) is 17.8 Å². The summed E-state index contributed by atoms with van der Waals surface area (Å²) in [6.07, 6.45) is 7.55. The summed E-state index contributed by atoms with van der Waals surface area (Å²) < 4.78 is 17.2. The Morgan fingerprint density at radius 3 is 2.61 bits per heavy atom. The summed E-state index contributed by atoms with van der Waals surface area (Å²) in [4.78, 5) is 0. The van der Waals surface area contributed by atoms with E-state index in [1.807, 2.05) is 0 Å². The predicted octanol–water partition coefficient (Wildman–Crippen LogP) is 3.56. The van der Waals surface area contributed by atoms with E-state index in [1.165, 1.54) is 25.7 Å². The quantitative estimate of drug-likeness (QED) is 0.572. The first-order valence-electron chi connectivity index (χ1n) is 7.07. The molecule has 2 aliphatic rings. The van der Waals surface area contributed by atoms with Crippen LogP contribution in [0, 0.1) is 17.8 Å². The number of ether oxygens (including phenoxy) is 3. The smallest absolute Gasteiger partial charge is 0.285 e. The number of hydrogen-bond donors (Lipinski definition) is 0. The number of fused-ring (bicyclic) bond motifs is 1. The van der Waals surface area contributed by atoms with E-state index in [-0.39, 0.29) is 0 Å². The van der Waals surface area contributed by atoms with Crippen LogP contribution in [0.25, 0.3) is 0 Å². The zero-order chi connectivity index (χ0) is 13.0. The van der Waals surface area contributed by atoms with Gasteiger partial charge in [0.1, 0.15) is 0 Å². The topological polar surface area (TPSA) is 27.7 Å². The third-order valence-electron chi connectivity index (χ3n) is 4.66. The minimum atomic E-state index is -0.805. The van der Waals surface area contributed by atoms with Crippen LogP contribution in [0.4, 0.5) is 0 Å². The summed E-state index contributed by atoms with van der Waals surface area (Å²) in [6.45, 7) is 0.789. The molecule has 0 N–H and O–H groups in total. The Morgan fingerprint density at radius 2 is 1.94 bits per heavy atom. The molecule has 1 aliphatic heterocycles. The SMILES string of the molecule is COC1(OC)OC[C@H]2CCCC[C@@H]2[C@H]1CCCBr. The van der Waals surface area contributed by atoms with Crippen molar-refractivity contribution in [1.82, 2.24) is 0 Å². The van der Waals surface area contributed by atoms with E-state index < -0.39 is 5.97 Å². The molecule has 0 bridgehead atoms. The molecule has 0 aromatic carbocycles. The maximum absolute atomic E-state index is 5.98. The highest BCUT2D eigenvalue weighted by Gasteiger charge is 2.51. The molecule has 1 saturated heterocycles. The minimum absolute atomic E-state index is 0.365. The molecule has 18 heavy (non-hydrogen) atoms. The normalized spacial score (nSPS) is 35.2. The van der Waals surface area contributed by atoms with Crippen molar-refractivity contribution in [2.24, 2.45) is 17.8 Å². The summed E-state index contributed by atoms with van der Waals surface area (Å²) >= 11 is 3.52. The zero-order valence-corrected chi connectivity index (χ0v) is 13.1. The van der Waals surface area contributed by atoms with Crippen LogP contribution in [0.5, 0.6) is 0 Å². The van der Waals surface area contributed by atoms with Crippen LogP contribution >= 0.6 is 15.9 Å². The fourth-order valence-electron chi connectivity index (χ4n) is 3.76. The van der Waals surface area contributed by atoms with Crippen molar-refractivity contribution in [3.63, 3.8) is 0 Å². The number of alkyl halides is 1. The highest BCUT2D eigenvalue weighted by molar-refractivity contribution is 9.09. The average molecular weight is 321 g/mol. The van der Waals surface area contributed by atoms with Gasteiger partial charge >= 0.3 is 0 Å². The van der Waals surface area contributed by atoms with Crippen LogP contribution < -0.4 is 0 Å². The molecule has 2 fully saturated rings. The van der Waals surface area contributed by atoms with Gasteiger partial charge in [-0.2, -0.15) is 0 Å². The van der Waals surface area contributed by atoms with Crippen molar-refractivity contribution in [2.45, 2.75) is 44.5 Å². The Bertz CT molecular complexity index is 255. The molecular weight excluding hydrogens is 296 g/mol. The van der Waals surface area contributed by atoms with Crippen molar-refractivity contribution in [3.05, 3.63) is 0 Å². The molecular formula is C14H25BrO3. The second kappa shape index (κ2) is 6.69. The Labute approximate surface area is 119 Å². The summed E-state index contributed by atoms with van der Waals surface area (Å²) in [7, 11) is 3.40. The molecule has 3 atom stereocenters. The van der Waals surface area contributed by atoms with Crippen LogP contribution in [0.1, 0.15) is 38.5 Å². The Hall–Kier alpha value is 0.360. The lowest BCUT2D eigenvalue weighted by Crippen LogP contribution is -2.55. The van der Waals surface area contributed by atoms with Crippen LogP contribution in [0.2, 0.25) is 0 Å². The summed E-state index contributed by atoms with van der Waals surface area (Å²) in [5.74, 6) is 0.966. The van der Waals surface area contributed by atoms with E-state index in [0.717, 1.165) is 24.8 Å². The van der Waals surface area contributed by atoms with Crippen molar-refractivity contribution in [1.29, 1.82) is 0 Å². The monoisotopic (exact) mass is 320 g/mol. The molecule has 106 valence electrons. The van der Waals surface area contributed by atoms with Gasteiger partial charge in [-0.3, -0.25) is 0 Å². The fraction of sp³-hybridized carbons (Fsp3) is 1.00. The van der Waals surface area contributed by atoms with Crippen LogP contribution in [0.3, 0.4) is 0 Å². The minimum Gasteiger partial charge on any atom is -0.331 e. The van der Waals surface area contributed by atoms with Crippen LogP contribution in [-0.2, 0) is 14.2 Å². The maximum atomic E-state index is 5.98. The average Bonchev–Trinajstić information content (AvgIpc) is 2.44. The first-order chi connectivity index (χ1) is 8.77. The zero-order valence-electron chi connectivity index (χ0n) is 11.5. The van der Waals surface area contributed by atoms with E-state index in [1.54, 1.807) is 14.2 Å². The molecule has 0 aromatic heterocycles. The van der Waals surface area contributed by atoms with Gasteiger partial charge in [-0.25, -0.2) is 0 Å². The molecule has 2 rings (SSSR count). The molecule has 0 radical (unpaired) electrons. The second-order valence-corrected chi connectivity index (χ2v) is 6.26. The lowest BCUT2D eigenvalue weighted by Gasteiger charge is -2.50. The van der Waals surface area contributed by atoms with Gasteiger partial charge in [-0.05, 0) is 37.5 Å². The summed E-state index contributed by atoms with van der Waals surface area (Å²) in [6, 6.07) is 0. The van der Waals surface area contributed by atoms with Gasteiger partial charge < -0.3 is 14.2 Å². The molecule has 0 unspecified atom stereocenters. The number of methoxy groups -OCH3 is 2. The van der Waals surface area contributed by atoms with E-state index in [4.69, 9.17) is 14.2 Å². The molecule has 0 spiro atoms. The van der Waals surface area contributed by atoms with Crippen molar-refractivity contribution in [2.75, 3.05) is 26.2 Å². The lowest BCUT2D eigenvalue weighted by atomic mass is 9.69. The van der Waals surface area contributed by atoms with E-state index in [9.17, 15) is 0 Å². The van der Waals surface area contributed by atoms with Crippen molar-refractivity contribution < 1.29 is 14.2 Å². The standard InChI is InChI=1S/C14H25BrO3/c1-16-14(17-2)13(8-5-9-15)12-7-4-3-6-11(12)10-18-14/h11-13H,3-10H2,1-2H3/t11-,12+,13-/m1/s1. The molecule has 0 aromatic rings. The highest BCUT2D eigenvalue weighted by atomic mass is 79.9. The molecule has 3 nitrogen and oxygen atoms in total. The molecule has 1 heterocycles. The van der Waals surface area contributed by atoms with Crippen LogP contribution in [-0.4, -0.2) is 32.1 Å². The summed E-state index contributed by atoms with van der Waals surface area (Å²) in [5.41, 5.74) is 0. The molecule has 1 saturated carbocycles. The highest BCUT2D eigenvalue weighted by Crippen LogP contribution is 2.48. The van der Waals surface area contributed by atoms with Crippen molar-refractivity contribution >= 4 is 15.9 Å². The van der Waals surface area contributed by atoms with E-state index >= 15 is 0 Å². The third-order valence-corrected chi connectivity index (χ3v) is 5.22. The maximum Gasteiger partial charge on any atom is 0.285 e. The van der Waals surface area contributed by atoms with Crippen LogP contribution in [0.15, 0.2) is 0 Å². The molecule has 4 heteroatoms. The number of halogens is 1. The lowest BCUT2D eigenvalue weighted by molar-refractivity contribution is -0.418. The number of rotatable bonds is 5. The first-order valence-corrected chi connectivity index (χ1v) is 8.19. The Morgan fingerprint density at radius 1 is 1.22 bits per heavy atom. The largest absolute Gasteiger partial charge is 0.331 e. The van der Waals surface area contributed by atoms with Gasteiger partial charge in [0.25, 0.3) is 5.97 Å². The Balaban J connectivity index is 2.15. The summed E-state index contributed by atoms with van der Waals surface area (Å²) in [5, 5.41) is 1.03. The van der Waals surface area contributed by atoms with Gasteiger partial charge in [0, 0.05) is 25.5 Å². The first kappa shape index (κ1) is 14.8. The molecule has 0 amide bonds. The van der Waals surface area contributed by atoms with Crippen molar-refractivity contribution in [3.8, 4) is 0 Å². The predicted molar refractivity (Wildman–Crippen MR) is 74.7 cm³/mol. The number of hydrogen-bond acceptors (Lipinski definition) is 3. The van der Waals surface area contributed by atoms with Gasteiger partial charge in [0.15, 0.2) is 0 Å². The van der Waals surface area contributed by atoms with E-state index in [2.05, 4.69) is 15.9 Å². The molecule has 1 aliphatic carbocycles. The van der Waals surface area contributed by atoms with Gasteiger partial charge in [0.2, 0.25) is 0 Å². The Kier molecular flexibility index (Phi) is 5.48. The van der Waals surface area contributed by atoms with Gasteiger partial charge in [-0.15, -0.1) is 0 Å². The van der Waals surface area contributed by atoms with Gasteiger partial charge in [-0.1, -0.05) is 28.8 Å². The second-order valence-electron chi connectivity index (χ2n) is 5.47. The fourth-order valence-corrected chi connectivity index (χ4v) is 4.08. The van der Waals surface area contributed by atoms with Gasteiger partial charge in [0.05, 0.1) is 6.61 Å². The third kappa shape index (κ3) is 2.77.